The van der Waals surface area contributed by atoms with E-state index in [1.54, 1.807) is 18.2 Å². The summed E-state index contributed by atoms with van der Waals surface area (Å²) >= 11 is 11.7. The largest absolute Gasteiger partial charge is 0.348 e. The third kappa shape index (κ3) is 2.91. The quantitative estimate of drug-likeness (QED) is 0.692. The summed E-state index contributed by atoms with van der Waals surface area (Å²) in [5.41, 5.74) is 0.532. The van der Waals surface area contributed by atoms with Crippen LogP contribution in [0, 0.1) is 0 Å². The van der Waals surface area contributed by atoms with Crippen LogP contribution in [0.25, 0.3) is 11.5 Å². The Morgan fingerprint density at radius 1 is 1.16 bits per heavy atom. The summed E-state index contributed by atoms with van der Waals surface area (Å²) in [7, 11) is 0. The molecule has 0 aromatic carbocycles. The molecule has 2 aromatic rings. The van der Waals surface area contributed by atoms with Gasteiger partial charge >= 0.3 is 0 Å². The molecular formula is C11H9Cl2N5O. The molecule has 98 valence electrons. The minimum Gasteiger partial charge on any atom is -0.348 e. The molecule has 0 amide bonds. The Hall–Kier alpha value is -1.50. The van der Waals surface area contributed by atoms with Crippen molar-refractivity contribution >= 4 is 29.2 Å². The van der Waals surface area contributed by atoms with Gasteiger partial charge < -0.3 is 10.1 Å². The number of rotatable bonds is 3. The number of nitrogens with one attached hydrogen (secondary N) is 1. The van der Waals surface area contributed by atoms with Gasteiger partial charge in [-0.25, -0.2) is 4.98 Å². The smallest absolute Gasteiger partial charge is 0.229 e. The van der Waals surface area contributed by atoms with Gasteiger partial charge in [0.15, 0.2) is 12.1 Å². The van der Waals surface area contributed by atoms with Crippen molar-refractivity contribution in [3.8, 4) is 11.5 Å². The van der Waals surface area contributed by atoms with Gasteiger partial charge in [-0.15, -0.1) is 0 Å². The normalized spacial score (nSPS) is 21.2. The highest BCUT2D eigenvalue weighted by atomic mass is 35.5. The van der Waals surface area contributed by atoms with E-state index in [0.717, 1.165) is 0 Å². The average molecular weight is 298 g/mol. The van der Waals surface area contributed by atoms with Crippen molar-refractivity contribution in [2.75, 3.05) is 5.32 Å². The number of epoxide rings is 1. The summed E-state index contributed by atoms with van der Waals surface area (Å²) in [4.78, 5) is 16.4. The van der Waals surface area contributed by atoms with E-state index >= 15 is 0 Å². The maximum absolute atomic E-state index is 5.88. The molecule has 1 aliphatic rings. The Kier molecular flexibility index (Phi) is 3.22. The second-order valence-corrected chi connectivity index (χ2v) is 4.73. The van der Waals surface area contributed by atoms with Gasteiger partial charge in [0.1, 0.15) is 17.0 Å². The number of ether oxygens (including phenoxy) is 1. The molecule has 6 nitrogen and oxygen atoms in total. The molecule has 8 heteroatoms. The molecule has 0 aliphatic carbocycles. The van der Waals surface area contributed by atoms with Gasteiger partial charge in [0.05, 0.1) is 0 Å². The standard InChI is InChI=1S/C11H9Cl2N5O/c1-5-9(19-5)17-11-16-8(15-10(13)18-11)6-3-2-4-7(12)14-6/h2-5,9H,1H3,(H,15,16,17,18). The number of nitrogens with zero attached hydrogens (tertiary/aromatic N) is 4. The first kappa shape index (κ1) is 12.5. The van der Waals surface area contributed by atoms with E-state index in [1.165, 1.54) is 0 Å². The third-order valence-corrected chi connectivity index (χ3v) is 2.91. The first-order valence-electron chi connectivity index (χ1n) is 5.58. The van der Waals surface area contributed by atoms with Crippen LogP contribution in [0.1, 0.15) is 6.92 Å². The highest BCUT2D eigenvalue weighted by Gasteiger charge is 2.35. The van der Waals surface area contributed by atoms with Crippen LogP contribution in [0.3, 0.4) is 0 Å². The molecule has 0 bridgehead atoms. The van der Waals surface area contributed by atoms with Crippen molar-refractivity contribution in [2.45, 2.75) is 19.3 Å². The molecule has 1 aliphatic heterocycles. The number of hydrogen-bond acceptors (Lipinski definition) is 6. The monoisotopic (exact) mass is 297 g/mol. The summed E-state index contributed by atoms with van der Waals surface area (Å²) in [6, 6.07) is 5.19. The Labute approximate surface area is 119 Å². The lowest BCUT2D eigenvalue weighted by Gasteiger charge is -2.04. The van der Waals surface area contributed by atoms with E-state index in [1.807, 2.05) is 6.92 Å². The first-order valence-corrected chi connectivity index (χ1v) is 6.34. The summed E-state index contributed by atoms with van der Waals surface area (Å²) < 4.78 is 5.23. The van der Waals surface area contributed by atoms with Crippen molar-refractivity contribution in [1.29, 1.82) is 0 Å². The topological polar surface area (TPSA) is 76.1 Å². The van der Waals surface area contributed by atoms with Crippen LogP contribution in [-0.4, -0.2) is 32.3 Å². The van der Waals surface area contributed by atoms with Crippen LogP contribution in [0.4, 0.5) is 5.95 Å². The fourth-order valence-corrected chi connectivity index (χ4v) is 1.85. The van der Waals surface area contributed by atoms with Crippen molar-refractivity contribution in [1.82, 2.24) is 19.9 Å². The fraction of sp³-hybridized carbons (Fsp3) is 0.273. The second kappa shape index (κ2) is 4.88. The molecule has 1 fully saturated rings. The maximum atomic E-state index is 5.88. The van der Waals surface area contributed by atoms with E-state index in [9.17, 15) is 0 Å². The van der Waals surface area contributed by atoms with E-state index in [0.29, 0.717) is 22.6 Å². The van der Waals surface area contributed by atoms with Crippen LogP contribution in [0.2, 0.25) is 10.4 Å². The number of pyridine rings is 1. The van der Waals surface area contributed by atoms with Gasteiger partial charge in [0, 0.05) is 0 Å². The Morgan fingerprint density at radius 2 is 1.95 bits per heavy atom. The second-order valence-electron chi connectivity index (χ2n) is 4.00. The van der Waals surface area contributed by atoms with Crippen LogP contribution in [0.5, 0.6) is 0 Å². The zero-order valence-corrected chi connectivity index (χ0v) is 11.4. The molecule has 1 N–H and O–H groups in total. The Balaban J connectivity index is 1.92. The molecule has 2 unspecified atom stereocenters. The van der Waals surface area contributed by atoms with Crippen LogP contribution in [0.15, 0.2) is 18.2 Å². The predicted octanol–water partition coefficient (Wildman–Crippen LogP) is 2.40. The summed E-state index contributed by atoms with van der Waals surface area (Å²) in [5, 5.41) is 3.45. The van der Waals surface area contributed by atoms with Crippen molar-refractivity contribution in [3.63, 3.8) is 0 Å². The number of aromatic nitrogens is 4. The molecule has 1 saturated heterocycles. The molecule has 0 spiro atoms. The highest BCUT2D eigenvalue weighted by molar-refractivity contribution is 6.29. The van der Waals surface area contributed by atoms with Gasteiger partial charge in [0.25, 0.3) is 0 Å². The molecule has 0 saturated carbocycles. The van der Waals surface area contributed by atoms with Gasteiger partial charge in [-0.2, -0.15) is 15.0 Å². The lowest BCUT2D eigenvalue weighted by atomic mass is 10.3. The van der Waals surface area contributed by atoms with Crippen LogP contribution in [-0.2, 0) is 4.74 Å². The van der Waals surface area contributed by atoms with Gasteiger partial charge in [-0.05, 0) is 30.7 Å². The molecule has 3 rings (SSSR count). The Bertz CT molecular complexity index is 624. The molecular weight excluding hydrogens is 289 g/mol. The molecule has 2 aromatic heterocycles. The summed E-state index contributed by atoms with van der Waals surface area (Å²) in [6.07, 6.45) is 0.0573. The summed E-state index contributed by atoms with van der Waals surface area (Å²) in [6.45, 7) is 1.94. The minimum absolute atomic E-state index is 0.0846. The van der Waals surface area contributed by atoms with Gasteiger partial charge in [-0.3, -0.25) is 0 Å². The van der Waals surface area contributed by atoms with Crippen LogP contribution >= 0.6 is 23.2 Å². The van der Waals surface area contributed by atoms with E-state index < -0.39 is 0 Å². The third-order valence-electron chi connectivity index (χ3n) is 2.53. The van der Waals surface area contributed by atoms with E-state index in [-0.39, 0.29) is 17.6 Å². The minimum atomic E-state index is -0.0846. The number of halogens is 2. The molecule has 2 atom stereocenters. The van der Waals surface area contributed by atoms with E-state index in [2.05, 4.69) is 25.3 Å². The lowest BCUT2D eigenvalue weighted by Crippen LogP contribution is -2.10. The van der Waals surface area contributed by atoms with Gasteiger partial charge in [0.2, 0.25) is 11.2 Å². The lowest BCUT2D eigenvalue weighted by molar-refractivity contribution is 0.391. The van der Waals surface area contributed by atoms with E-state index in [4.69, 9.17) is 27.9 Å². The molecule has 19 heavy (non-hydrogen) atoms. The van der Waals surface area contributed by atoms with Crippen LogP contribution < -0.4 is 5.32 Å². The maximum Gasteiger partial charge on any atom is 0.229 e. The zero-order valence-electron chi connectivity index (χ0n) is 9.84. The Morgan fingerprint density at radius 3 is 2.63 bits per heavy atom. The van der Waals surface area contributed by atoms with Crippen molar-refractivity contribution in [3.05, 3.63) is 28.6 Å². The molecule has 3 heterocycles. The van der Waals surface area contributed by atoms with Gasteiger partial charge in [-0.1, -0.05) is 17.7 Å². The summed E-state index contributed by atoms with van der Waals surface area (Å²) in [5.74, 6) is 0.712. The first-order chi connectivity index (χ1) is 9.11. The SMILES string of the molecule is CC1OC1Nc1nc(Cl)nc(-c2cccc(Cl)n2)n1. The number of anilines is 1. The van der Waals surface area contributed by atoms with Crippen molar-refractivity contribution < 1.29 is 4.74 Å². The number of hydrogen-bond donors (Lipinski definition) is 1. The molecule has 0 radical (unpaired) electrons. The fourth-order valence-electron chi connectivity index (χ4n) is 1.53. The predicted molar refractivity (Wildman–Crippen MR) is 71.0 cm³/mol. The highest BCUT2D eigenvalue weighted by Crippen LogP contribution is 2.23. The van der Waals surface area contributed by atoms with Crippen molar-refractivity contribution in [2.24, 2.45) is 0 Å². The average Bonchev–Trinajstić information content (AvgIpc) is 3.04. The zero-order chi connectivity index (χ0) is 13.4.